The van der Waals surface area contributed by atoms with E-state index in [2.05, 4.69) is 10.6 Å². The molecule has 0 radical (unpaired) electrons. The number of rotatable bonds is 4. The number of para-hydroxylation sites is 2. The third-order valence-corrected chi connectivity index (χ3v) is 6.29. The number of urea groups is 1. The number of nitrogens with zero attached hydrogens (tertiary/aromatic N) is 1. The van der Waals surface area contributed by atoms with Crippen molar-refractivity contribution in [2.45, 2.75) is 38.1 Å². The van der Waals surface area contributed by atoms with Gasteiger partial charge in [0.2, 0.25) is 0 Å². The minimum Gasteiger partial charge on any atom is -0.469 e. The second kappa shape index (κ2) is 8.98. The van der Waals surface area contributed by atoms with Crippen LogP contribution in [0.1, 0.15) is 49.5 Å². The molecule has 1 aliphatic heterocycles. The van der Waals surface area contributed by atoms with Gasteiger partial charge in [-0.3, -0.25) is 9.69 Å². The van der Waals surface area contributed by atoms with E-state index in [1.165, 1.54) is 0 Å². The van der Waals surface area contributed by atoms with Crippen molar-refractivity contribution < 1.29 is 14.0 Å². The fourth-order valence-corrected chi connectivity index (χ4v) is 4.81. The van der Waals surface area contributed by atoms with E-state index in [0.717, 1.165) is 34.8 Å². The molecule has 2 heterocycles. The van der Waals surface area contributed by atoms with Crippen LogP contribution in [0.5, 0.6) is 0 Å². The maximum atomic E-state index is 13.7. The largest absolute Gasteiger partial charge is 0.469 e. The van der Waals surface area contributed by atoms with Crippen LogP contribution in [0.15, 0.2) is 88.7 Å². The fraction of sp³-hybridized carbons (Fsp3) is 0.259. The van der Waals surface area contributed by atoms with Crippen LogP contribution in [-0.4, -0.2) is 18.4 Å². The molecule has 2 aromatic carbocycles. The Labute approximate surface area is 193 Å². The van der Waals surface area contributed by atoms with Crippen LogP contribution >= 0.6 is 0 Å². The van der Waals surface area contributed by atoms with E-state index in [1.54, 1.807) is 11.2 Å². The van der Waals surface area contributed by atoms with E-state index in [0.29, 0.717) is 25.0 Å². The van der Waals surface area contributed by atoms with Crippen LogP contribution in [-0.2, 0) is 4.79 Å². The summed E-state index contributed by atoms with van der Waals surface area (Å²) in [4.78, 5) is 29.0. The van der Waals surface area contributed by atoms with Crippen LogP contribution in [0.4, 0.5) is 16.2 Å². The number of carbonyl (C=O) groups is 2. The van der Waals surface area contributed by atoms with Crippen LogP contribution in [0.3, 0.4) is 0 Å². The summed E-state index contributed by atoms with van der Waals surface area (Å²) < 4.78 is 5.64. The topological polar surface area (TPSA) is 74.6 Å². The number of benzene rings is 2. The second-order valence-corrected chi connectivity index (χ2v) is 8.49. The third kappa shape index (κ3) is 3.93. The molecule has 3 aromatic rings. The van der Waals surface area contributed by atoms with Crippen LogP contribution in [0.2, 0.25) is 0 Å². The number of amides is 2. The molecule has 0 spiro atoms. The molecule has 0 saturated heterocycles. The Morgan fingerprint density at radius 1 is 1.06 bits per heavy atom. The van der Waals surface area contributed by atoms with Crippen LogP contribution in [0.25, 0.3) is 0 Å². The highest BCUT2D eigenvalue weighted by Crippen LogP contribution is 2.47. The standard InChI is InChI=1S/C27H27N3O3/c1-2-14-28-27(32)30-22-12-7-6-11-20(22)29-21-16-19(24-13-8-15-33-24)17-23(31)25(21)26(30)18-9-4-3-5-10-18/h3-13,15,19,26,29H,2,14,16-17H2,1H3,(H,28,32)/t19-,26-/m1/s1. The summed E-state index contributed by atoms with van der Waals surface area (Å²) >= 11 is 0. The van der Waals surface area contributed by atoms with Gasteiger partial charge in [-0.05, 0) is 42.7 Å². The number of ketones is 1. The van der Waals surface area contributed by atoms with Gasteiger partial charge in [0.1, 0.15) is 5.76 Å². The molecule has 0 saturated carbocycles. The monoisotopic (exact) mass is 441 g/mol. The summed E-state index contributed by atoms with van der Waals surface area (Å²) in [6, 6.07) is 20.6. The van der Waals surface area contributed by atoms with Crippen molar-refractivity contribution in [2.24, 2.45) is 0 Å². The van der Waals surface area contributed by atoms with Crippen LogP contribution < -0.4 is 15.5 Å². The van der Waals surface area contributed by atoms with Crippen molar-refractivity contribution in [1.82, 2.24) is 5.32 Å². The summed E-state index contributed by atoms with van der Waals surface area (Å²) in [7, 11) is 0. The van der Waals surface area contributed by atoms with E-state index >= 15 is 0 Å². The van der Waals surface area contributed by atoms with Gasteiger partial charge >= 0.3 is 6.03 Å². The van der Waals surface area contributed by atoms with E-state index in [-0.39, 0.29) is 17.7 Å². The molecule has 33 heavy (non-hydrogen) atoms. The lowest BCUT2D eigenvalue weighted by Crippen LogP contribution is -2.44. The Hall–Kier alpha value is -3.80. The fourth-order valence-electron chi connectivity index (χ4n) is 4.81. The molecule has 1 aromatic heterocycles. The lowest BCUT2D eigenvalue weighted by molar-refractivity contribution is -0.116. The van der Waals surface area contributed by atoms with Crippen molar-refractivity contribution in [3.8, 4) is 0 Å². The first kappa shape index (κ1) is 21.1. The minimum absolute atomic E-state index is 0.0279. The zero-order chi connectivity index (χ0) is 22.8. The predicted octanol–water partition coefficient (Wildman–Crippen LogP) is 5.77. The van der Waals surface area contributed by atoms with Crippen molar-refractivity contribution >= 4 is 23.2 Å². The van der Waals surface area contributed by atoms with E-state index in [4.69, 9.17) is 4.42 Å². The SMILES string of the molecule is CCCNC(=O)N1c2ccccc2NC2=C(C(=O)C[C@H](c3ccco3)C2)[C@H]1c1ccccc1. The summed E-state index contributed by atoms with van der Waals surface area (Å²) in [5.74, 6) is 0.797. The Kier molecular flexibility index (Phi) is 5.73. The molecule has 168 valence electrons. The number of carbonyl (C=O) groups excluding carboxylic acids is 2. The van der Waals surface area contributed by atoms with Gasteiger partial charge in [0.25, 0.3) is 0 Å². The van der Waals surface area contributed by atoms with Gasteiger partial charge in [-0.15, -0.1) is 0 Å². The summed E-state index contributed by atoms with van der Waals surface area (Å²) in [5, 5.41) is 6.54. The summed E-state index contributed by atoms with van der Waals surface area (Å²) in [6.07, 6.45) is 3.45. The summed E-state index contributed by atoms with van der Waals surface area (Å²) in [5.41, 5.74) is 3.95. The first-order valence-corrected chi connectivity index (χ1v) is 11.4. The maximum Gasteiger partial charge on any atom is 0.322 e. The smallest absolute Gasteiger partial charge is 0.322 e. The minimum atomic E-state index is -0.528. The van der Waals surface area contributed by atoms with Crippen molar-refractivity contribution in [1.29, 1.82) is 0 Å². The molecule has 6 heteroatoms. The predicted molar refractivity (Wildman–Crippen MR) is 128 cm³/mol. The van der Waals surface area contributed by atoms with Crippen molar-refractivity contribution in [3.05, 3.63) is 95.6 Å². The molecule has 0 unspecified atom stereocenters. The maximum absolute atomic E-state index is 13.7. The summed E-state index contributed by atoms with van der Waals surface area (Å²) in [6.45, 7) is 2.58. The zero-order valence-electron chi connectivity index (χ0n) is 18.6. The Bertz CT molecular complexity index is 1180. The second-order valence-electron chi connectivity index (χ2n) is 8.49. The van der Waals surface area contributed by atoms with Gasteiger partial charge in [0, 0.05) is 30.2 Å². The normalized spacial score (nSPS) is 19.9. The number of hydrogen-bond acceptors (Lipinski definition) is 4. The quantitative estimate of drug-likeness (QED) is 0.539. The molecule has 6 nitrogen and oxygen atoms in total. The molecule has 5 rings (SSSR count). The van der Waals surface area contributed by atoms with E-state index < -0.39 is 6.04 Å². The number of hydrogen-bond donors (Lipinski definition) is 2. The molecule has 2 amide bonds. The number of anilines is 2. The molecule has 1 aliphatic carbocycles. The number of furan rings is 1. The van der Waals surface area contributed by atoms with E-state index in [9.17, 15) is 9.59 Å². The zero-order valence-corrected chi connectivity index (χ0v) is 18.6. The highest BCUT2D eigenvalue weighted by molar-refractivity contribution is 6.06. The molecular weight excluding hydrogens is 414 g/mol. The first-order chi connectivity index (χ1) is 16.2. The van der Waals surface area contributed by atoms with Gasteiger partial charge < -0.3 is 15.1 Å². The average Bonchev–Trinajstić information content (AvgIpc) is 3.33. The Morgan fingerprint density at radius 3 is 2.61 bits per heavy atom. The van der Waals surface area contributed by atoms with Gasteiger partial charge in [-0.2, -0.15) is 0 Å². The molecule has 2 aliphatic rings. The lowest BCUT2D eigenvalue weighted by Gasteiger charge is -2.34. The molecule has 0 fully saturated rings. The van der Waals surface area contributed by atoms with Crippen molar-refractivity contribution in [3.63, 3.8) is 0 Å². The van der Waals surface area contributed by atoms with Gasteiger partial charge in [0.05, 0.1) is 23.7 Å². The highest BCUT2D eigenvalue weighted by atomic mass is 16.3. The number of allylic oxidation sites excluding steroid dienone is 1. The van der Waals surface area contributed by atoms with Crippen molar-refractivity contribution in [2.75, 3.05) is 16.8 Å². The number of fused-ring (bicyclic) bond motifs is 1. The average molecular weight is 442 g/mol. The number of Topliss-reactive ketones (excluding diaryl/α,β-unsaturated/α-hetero) is 1. The molecular formula is C27H27N3O3. The Morgan fingerprint density at radius 2 is 1.85 bits per heavy atom. The van der Waals surface area contributed by atoms with E-state index in [1.807, 2.05) is 73.7 Å². The van der Waals surface area contributed by atoms with Crippen LogP contribution in [0, 0.1) is 0 Å². The Balaban J connectivity index is 1.69. The molecule has 0 bridgehead atoms. The first-order valence-electron chi connectivity index (χ1n) is 11.4. The van der Waals surface area contributed by atoms with Gasteiger partial charge in [0.15, 0.2) is 5.78 Å². The molecule has 2 atom stereocenters. The highest BCUT2D eigenvalue weighted by Gasteiger charge is 2.42. The lowest BCUT2D eigenvalue weighted by atomic mass is 9.80. The van der Waals surface area contributed by atoms with Gasteiger partial charge in [-0.1, -0.05) is 49.4 Å². The third-order valence-electron chi connectivity index (χ3n) is 6.29. The number of nitrogens with one attached hydrogen (secondary N) is 2. The molecule has 2 N–H and O–H groups in total. The van der Waals surface area contributed by atoms with Gasteiger partial charge in [-0.25, -0.2) is 4.79 Å².